The molecule has 1 aromatic carbocycles. The fourth-order valence-electron chi connectivity index (χ4n) is 2.22. The highest BCUT2D eigenvalue weighted by Gasteiger charge is 2.39. The Labute approximate surface area is 136 Å². The van der Waals surface area contributed by atoms with E-state index in [2.05, 4.69) is 27.6 Å². The molecular formula is C13H15BrClNO4S. The van der Waals surface area contributed by atoms with Gasteiger partial charge in [0, 0.05) is 10.5 Å². The molecule has 1 aliphatic carbocycles. The van der Waals surface area contributed by atoms with Gasteiger partial charge < -0.3 is 5.11 Å². The van der Waals surface area contributed by atoms with Crippen LogP contribution < -0.4 is 4.72 Å². The number of hydrogen-bond donors (Lipinski definition) is 2. The molecule has 1 fully saturated rings. The molecule has 2 rings (SSSR count). The fraction of sp³-hybridized carbons (Fsp3) is 0.462. The zero-order valence-electron chi connectivity index (χ0n) is 11.3. The van der Waals surface area contributed by atoms with Crippen molar-refractivity contribution in [2.45, 2.75) is 37.1 Å². The molecule has 2 atom stereocenters. The smallest absolute Gasteiger partial charge is 0.337 e. The number of halogens is 2. The summed E-state index contributed by atoms with van der Waals surface area (Å²) in [5.41, 5.74) is -0.243. The van der Waals surface area contributed by atoms with Gasteiger partial charge in [0.1, 0.15) is 0 Å². The van der Waals surface area contributed by atoms with E-state index in [1.807, 2.05) is 0 Å². The molecule has 0 aromatic heterocycles. The third-order valence-electron chi connectivity index (χ3n) is 3.43. The summed E-state index contributed by atoms with van der Waals surface area (Å²) >= 11 is 8.94. The van der Waals surface area contributed by atoms with Gasteiger partial charge in [0.25, 0.3) is 0 Å². The predicted octanol–water partition coefficient (Wildman–Crippen LogP) is 3.27. The molecular weight excluding hydrogens is 382 g/mol. The second-order valence-electron chi connectivity index (χ2n) is 5.08. The van der Waals surface area contributed by atoms with E-state index in [-0.39, 0.29) is 26.0 Å². The Morgan fingerprint density at radius 3 is 2.76 bits per heavy atom. The summed E-state index contributed by atoms with van der Waals surface area (Å²) < 4.78 is 27.5. The van der Waals surface area contributed by atoms with Crippen LogP contribution in [0.15, 0.2) is 21.5 Å². The van der Waals surface area contributed by atoms with Crippen molar-refractivity contribution in [3.8, 4) is 0 Å². The van der Waals surface area contributed by atoms with Crippen molar-refractivity contribution < 1.29 is 18.3 Å². The Morgan fingerprint density at radius 1 is 1.52 bits per heavy atom. The molecule has 0 radical (unpaired) electrons. The molecule has 0 bridgehead atoms. The molecule has 2 N–H and O–H groups in total. The van der Waals surface area contributed by atoms with Crippen LogP contribution in [0.25, 0.3) is 0 Å². The first kappa shape index (κ1) is 16.7. The predicted molar refractivity (Wildman–Crippen MR) is 83.2 cm³/mol. The van der Waals surface area contributed by atoms with Gasteiger partial charge in [-0.1, -0.05) is 24.9 Å². The molecule has 0 saturated heterocycles. The van der Waals surface area contributed by atoms with Crippen molar-refractivity contribution in [2.75, 3.05) is 0 Å². The molecule has 1 aliphatic rings. The first-order chi connectivity index (χ1) is 9.76. The summed E-state index contributed by atoms with van der Waals surface area (Å²) in [6, 6.07) is 2.33. The van der Waals surface area contributed by atoms with E-state index < -0.39 is 16.0 Å². The molecule has 8 heteroatoms. The summed E-state index contributed by atoms with van der Waals surface area (Å²) in [5.74, 6) is -0.896. The standard InChI is InChI=1S/C13H15BrClNO4S/c1-2-3-7-4-11(7)16-21(19,20)8-5-9(13(17)18)12(15)10(14)6-8/h5-7,11,16H,2-4H2,1H3,(H,17,18). The maximum absolute atomic E-state index is 12.3. The van der Waals surface area contributed by atoms with Gasteiger partial charge in [-0.3, -0.25) is 0 Å². The quantitative estimate of drug-likeness (QED) is 0.773. The lowest BCUT2D eigenvalue weighted by molar-refractivity contribution is 0.0696. The number of carboxylic acid groups (broad SMARTS) is 1. The van der Waals surface area contributed by atoms with Crippen molar-refractivity contribution in [3.63, 3.8) is 0 Å². The lowest BCUT2D eigenvalue weighted by Gasteiger charge is -2.09. The third kappa shape index (κ3) is 3.77. The highest BCUT2D eigenvalue weighted by Crippen LogP contribution is 2.36. The lowest BCUT2D eigenvalue weighted by Crippen LogP contribution is -2.27. The first-order valence-electron chi connectivity index (χ1n) is 6.51. The van der Waals surface area contributed by atoms with Crippen molar-refractivity contribution in [2.24, 2.45) is 5.92 Å². The number of hydrogen-bond acceptors (Lipinski definition) is 3. The van der Waals surface area contributed by atoms with Crippen LogP contribution in [-0.2, 0) is 10.0 Å². The van der Waals surface area contributed by atoms with Gasteiger partial charge in [-0.15, -0.1) is 0 Å². The topological polar surface area (TPSA) is 83.5 Å². The molecule has 0 aliphatic heterocycles. The van der Waals surface area contributed by atoms with Crippen molar-refractivity contribution in [3.05, 3.63) is 27.2 Å². The van der Waals surface area contributed by atoms with E-state index in [1.54, 1.807) is 0 Å². The van der Waals surface area contributed by atoms with Crippen molar-refractivity contribution >= 4 is 43.5 Å². The minimum atomic E-state index is -3.75. The van der Waals surface area contributed by atoms with Crippen molar-refractivity contribution in [1.29, 1.82) is 0 Å². The average molecular weight is 397 g/mol. The van der Waals surface area contributed by atoms with Gasteiger partial charge in [0.2, 0.25) is 10.0 Å². The summed E-state index contributed by atoms with van der Waals surface area (Å²) in [4.78, 5) is 11.0. The van der Waals surface area contributed by atoms with Gasteiger partial charge in [-0.05, 0) is 46.8 Å². The maximum Gasteiger partial charge on any atom is 0.337 e. The molecule has 21 heavy (non-hydrogen) atoms. The number of carbonyl (C=O) groups is 1. The van der Waals surface area contributed by atoms with E-state index in [4.69, 9.17) is 16.7 Å². The van der Waals surface area contributed by atoms with Crippen LogP contribution in [0, 0.1) is 5.92 Å². The highest BCUT2D eigenvalue weighted by atomic mass is 79.9. The molecule has 2 unspecified atom stereocenters. The Hall–Kier alpha value is -0.630. The van der Waals surface area contributed by atoms with Crippen LogP contribution >= 0.6 is 27.5 Å². The monoisotopic (exact) mass is 395 g/mol. The SMILES string of the molecule is CCCC1CC1NS(=O)(=O)c1cc(Br)c(Cl)c(C(=O)O)c1. The van der Waals surface area contributed by atoms with Crippen molar-refractivity contribution in [1.82, 2.24) is 4.72 Å². The van der Waals surface area contributed by atoms with Crippen LogP contribution in [0.2, 0.25) is 5.02 Å². The highest BCUT2D eigenvalue weighted by molar-refractivity contribution is 9.10. The summed E-state index contributed by atoms with van der Waals surface area (Å²) in [7, 11) is -3.75. The van der Waals surface area contributed by atoms with E-state index in [0.29, 0.717) is 5.92 Å². The molecule has 0 spiro atoms. The Bertz CT molecular complexity index is 677. The van der Waals surface area contributed by atoms with Gasteiger partial charge in [-0.25, -0.2) is 17.9 Å². The number of aromatic carboxylic acids is 1. The van der Waals surface area contributed by atoms with Gasteiger partial charge >= 0.3 is 5.97 Å². The van der Waals surface area contributed by atoms with E-state index >= 15 is 0 Å². The first-order valence-corrected chi connectivity index (χ1v) is 9.16. The minimum Gasteiger partial charge on any atom is -0.478 e. The number of benzene rings is 1. The summed E-state index contributed by atoms with van der Waals surface area (Å²) in [6.07, 6.45) is 2.82. The van der Waals surface area contributed by atoms with Crippen LogP contribution in [0.5, 0.6) is 0 Å². The largest absolute Gasteiger partial charge is 0.478 e. The van der Waals surface area contributed by atoms with E-state index in [0.717, 1.165) is 25.3 Å². The molecule has 0 amide bonds. The number of rotatable bonds is 6. The van der Waals surface area contributed by atoms with Crippen LogP contribution in [0.1, 0.15) is 36.5 Å². The molecule has 0 heterocycles. The van der Waals surface area contributed by atoms with Gasteiger partial charge in [0.15, 0.2) is 0 Å². The maximum atomic E-state index is 12.3. The number of carboxylic acids is 1. The van der Waals surface area contributed by atoms with E-state index in [9.17, 15) is 13.2 Å². The molecule has 116 valence electrons. The Kier molecular flexibility index (Phi) is 4.97. The average Bonchev–Trinajstić information content (AvgIpc) is 3.09. The normalized spacial score (nSPS) is 21.3. The Morgan fingerprint density at radius 2 is 2.19 bits per heavy atom. The Balaban J connectivity index is 2.27. The number of sulfonamides is 1. The van der Waals surface area contributed by atoms with Crippen LogP contribution in [-0.4, -0.2) is 25.5 Å². The van der Waals surface area contributed by atoms with Gasteiger partial charge in [0.05, 0.1) is 15.5 Å². The zero-order valence-corrected chi connectivity index (χ0v) is 14.4. The third-order valence-corrected chi connectivity index (χ3v) is 6.16. The minimum absolute atomic E-state index is 0.0169. The second-order valence-corrected chi connectivity index (χ2v) is 8.03. The van der Waals surface area contributed by atoms with Crippen LogP contribution in [0.3, 0.4) is 0 Å². The second kappa shape index (κ2) is 6.24. The lowest BCUT2D eigenvalue weighted by atomic mass is 10.2. The van der Waals surface area contributed by atoms with Gasteiger partial charge in [-0.2, -0.15) is 0 Å². The van der Waals surface area contributed by atoms with E-state index in [1.165, 1.54) is 6.07 Å². The zero-order chi connectivity index (χ0) is 15.8. The fourth-order valence-corrected chi connectivity index (χ4v) is 4.40. The molecule has 5 nitrogen and oxygen atoms in total. The molecule has 1 aromatic rings. The molecule has 1 saturated carbocycles. The summed E-state index contributed by atoms with van der Waals surface area (Å²) in [6.45, 7) is 2.05. The van der Waals surface area contributed by atoms with Crippen LogP contribution in [0.4, 0.5) is 0 Å². The summed E-state index contributed by atoms with van der Waals surface area (Å²) in [5, 5.41) is 9.05. The number of nitrogens with one attached hydrogen (secondary N) is 1.